The van der Waals surface area contributed by atoms with E-state index in [0.717, 1.165) is 6.08 Å². The molecule has 0 aliphatic carbocycles. The Morgan fingerprint density at radius 1 is 1.38 bits per heavy atom. The summed E-state index contributed by atoms with van der Waals surface area (Å²) in [5.74, 6) is -0.000131. The number of para-hydroxylation sites is 1. The molecule has 0 aliphatic rings. The highest BCUT2D eigenvalue weighted by atomic mass is 19.1. The minimum absolute atomic E-state index is 0.0502. The quantitative estimate of drug-likeness (QED) is 0.527. The first-order valence-corrected chi connectivity index (χ1v) is 3.84. The van der Waals surface area contributed by atoms with E-state index in [2.05, 4.69) is 0 Å². The van der Waals surface area contributed by atoms with Crippen LogP contribution in [-0.2, 0) is 4.79 Å². The Bertz CT molecular complexity index is 293. The molecule has 0 spiro atoms. The van der Waals surface area contributed by atoms with Gasteiger partial charge in [0.1, 0.15) is 5.75 Å². The summed E-state index contributed by atoms with van der Waals surface area (Å²) in [6.07, 6.45) is 1.38. The molecule has 0 unspecified atom stereocenters. The number of hydrogen-bond acceptors (Lipinski definition) is 2. The van der Waals surface area contributed by atoms with Crippen LogP contribution in [0.1, 0.15) is 6.42 Å². The highest BCUT2D eigenvalue weighted by molar-refractivity contribution is 5.73. The molecule has 0 bridgehead atoms. The van der Waals surface area contributed by atoms with Gasteiger partial charge in [-0.3, -0.25) is 4.79 Å². The van der Waals surface area contributed by atoms with Gasteiger partial charge >= 0.3 is 5.97 Å². The topological polar surface area (TPSA) is 26.3 Å². The van der Waals surface area contributed by atoms with E-state index < -0.39 is 5.97 Å². The molecule has 1 aromatic rings. The molecule has 1 aromatic carbocycles. The van der Waals surface area contributed by atoms with Gasteiger partial charge in [-0.25, -0.2) is 4.39 Å². The highest BCUT2D eigenvalue weighted by Crippen LogP contribution is 2.09. The summed E-state index contributed by atoms with van der Waals surface area (Å²) >= 11 is 0. The molecule has 68 valence electrons. The summed E-state index contributed by atoms with van der Waals surface area (Å²) < 4.78 is 16.4. The minimum atomic E-state index is -0.472. The summed E-state index contributed by atoms with van der Waals surface area (Å²) in [4.78, 5) is 10.9. The second kappa shape index (κ2) is 5.09. The van der Waals surface area contributed by atoms with E-state index in [0.29, 0.717) is 12.1 Å². The van der Waals surface area contributed by atoms with Crippen LogP contribution in [0.2, 0.25) is 0 Å². The second-order valence-electron chi connectivity index (χ2n) is 2.35. The first-order valence-electron chi connectivity index (χ1n) is 3.84. The van der Waals surface area contributed by atoms with Crippen molar-refractivity contribution in [3.63, 3.8) is 0 Å². The fraction of sp³-hybridized carbons (Fsp3) is 0.100. The zero-order valence-electron chi connectivity index (χ0n) is 6.94. The van der Waals surface area contributed by atoms with Crippen molar-refractivity contribution >= 4 is 5.97 Å². The molecule has 0 N–H and O–H groups in total. The van der Waals surface area contributed by atoms with Crippen molar-refractivity contribution in [1.29, 1.82) is 0 Å². The van der Waals surface area contributed by atoms with Gasteiger partial charge in [-0.1, -0.05) is 18.2 Å². The first kappa shape index (κ1) is 9.45. The van der Waals surface area contributed by atoms with Gasteiger partial charge in [-0.15, -0.1) is 0 Å². The van der Waals surface area contributed by atoms with Gasteiger partial charge < -0.3 is 4.74 Å². The minimum Gasteiger partial charge on any atom is -0.426 e. The lowest BCUT2D eigenvalue weighted by Crippen LogP contribution is -2.05. The number of esters is 1. The van der Waals surface area contributed by atoms with E-state index >= 15 is 0 Å². The monoisotopic (exact) mass is 180 g/mol. The Labute approximate surface area is 75.6 Å². The van der Waals surface area contributed by atoms with Crippen LogP contribution in [0.5, 0.6) is 5.75 Å². The lowest BCUT2D eigenvalue weighted by molar-refractivity contribution is -0.133. The van der Waals surface area contributed by atoms with Crippen LogP contribution in [0.15, 0.2) is 42.7 Å². The van der Waals surface area contributed by atoms with Crippen molar-refractivity contribution in [2.45, 2.75) is 6.42 Å². The average Bonchev–Trinajstić information content (AvgIpc) is 2.16. The van der Waals surface area contributed by atoms with E-state index in [1.165, 1.54) is 0 Å². The van der Waals surface area contributed by atoms with Gasteiger partial charge in [0.15, 0.2) is 0 Å². The third-order valence-electron chi connectivity index (χ3n) is 1.35. The zero-order chi connectivity index (χ0) is 9.52. The number of halogens is 1. The van der Waals surface area contributed by atoms with Gasteiger partial charge in [0.25, 0.3) is 0 Å². The number of benzene rings is 1. The van der Waals surface area contributed by atoms with E-state index in [1.54, 1.807) is 24.3 Å². The molecule has 0 fully saturated rings. The molecule has 3 heteroatoms. The summed E-state index contributed by atoms with van der Waals surface area (Å²) in [6.45, 7) is 0. The SMILES string of the molecule is O=C(CC=CF)Oc1ccccc1. The summed E-state index contributed by atoms with van der Waals surface area (Å²) in [7, 11) is 0. The maximum atomic E-state index is 11.5. The number of ether oxygens (including phenoxy) is 1. The maximum absolute atomic E-state index is 11.5. The van der Waals surface area contributed by atoms with Crippen molar-refractivity contribution in [2.24, 2.45) is 0 Å². The molecular weight excluding hydrogens is 171 g/mol. The third kappa shape index (κ3) is 3.51. The predicted molar refractivity (Wildman–Crippen MR) is 46.9 cm³/mol. The largest absolute Gasteiger partial charge is 0.426 e. The summed E-state index contributed by atoms with van der Waals surface area (Å²) in [5.41, 5.74) is 0. The van der Waals surface area contributed by atoms with Crippen LogP contribution in [-0.4, -0.2) is 5.97 Å². The standard InChI is InChI=1S/C10H9FO2/c11-8-4-7-10(12)13-9-5-2-1-3-6-9/h1-6,8H,7H2. The lowest BCUT2D eigenvalue weighted by Gasteiger charge is -2.00. The smallest absolute Gasteiger partial charge is 0.315 e. The molecule has 13 heavy (non-hydrogen) atoms. The van der Waals surface area contributed by atoms with Crippen LogP contribution in [0.4, 0.5) is 4.39 Å². The van der Waals surface area contributed by atoms with Crippen molar-refractivity contribution < 1.29 is 13.9 Å². The van der Waals surface area contributed by atoms with Gasteiger partial charge in [-0.2, -0.15) is 0 Å². The fourth-order valence-corrected chi connectivity index (χ4v) is 0.802. The van der Waals surface area contributed by atoms with Crippen molar-refractivity contribution in [3.8, 4) is 5.75 Å². The van der Waals surface area contributed by atoms with Crippen LogP contribution in [0.3, 0.4) is 0 Å². The molecule has 0 amide bonds. The maximum Gasteiger partial charge on any atom is 0.315 e. The van der Waals surface area contributed by atoms with Crippen LogP contribution >= 0.6 is 0 Å². The van der Waals surface area contributed by atoms with Gasteiger partial charge in [0.05, 0.1) is 12.8 Å². The van der Waals surface area contributed by atoms with Crippen LogP contribution in [0.25, 0.3) is 0 Å². The van der Waals surface area contributed by atoms with Crippen molar-refractivity contribution in [2.75, 3.05) is 0 Å². The van der Waals surface area contributed by atoms with E-state index in [1.807, 2.05) is 6.07 Å². The normalized spacial score (nSPS) is 10.2. The molecule has 0 aliphatic heterocycles. The molecule has 0 atom stereocenters. The molecule has 2 nitrogen and oxygen atoms in total. The Hall–Kier alpha value is -1.64. The molecular formula is C10H9FO2. The number of hydrogen-bond donors (Lipinski definition) is 0. The van der Waals surface area contributed by atoms with Crippen molar-refractivity contribution in [1.82, 2.24) is 0 Å². The molecule has 0 aromatic heterocycles. The average molecular weight is 180 g/mol. The molecule has 0 heterocycles. The Balaban J connectivity index is 2.46. The number of carbonyl (C=O) groups excluding carboxylic acids is 1. The Kier molecular flexibility index (Phi) is 3.70. The lowest BCUT2D eigenvalue weighted by atomic mass is 10.3. The number of carbonyl (C=O) groups is 1. The van der Waals surface area contributed by atoms with Crippen LogP contribution < -0.4 is 4.74 Å². The van der Waals surface area contributed by atoms with E-state index in [-0.39, 0.29) is 6.42 Å². The van der Waals surface area contributed by atoms with E-state index in [4.69, 9.17) is 4.74 Å². The third-order valence-corrected chi connectivity index (χ3v) is 1.35. The summed E-state index contributed by atoms with van der Waals surface area (Å²) in [6, 6.07) is 8.66. The summed E-state index contributed by atoms with van der Waals surface area (Å²) in [5, 5.41) is 0. The van der Waals surface area contributed by atoms with Gasteiger partial charge in [-0.05, 0) is 18.2 Å². The molecule has 0 radical (unpaired) electrons. The highest BCUT2D eigenvalue weighted by Gasteiger charge is 2.00. The Morgan fingerprint density at radius 2 is 2.08 bits per heavy atom. The molecule has 0 saturated carbocycles. The Morgan fingerprint density at radius 3 is 2.69 bits per heavy atom. The second-order valence-corrected chi connectivity index (χ2v) is 2.35. The first-order chi connectivity index (χ1) is 6.33. The molecule has 0 saturated heterocycles. The number of rotatable bonds is 3. The fourth-order valence-electron chi connectivity index (χ4n) is 0.802. The van der Waals surface area contributed by atoms with Crippen LogP contribution in [0, 0.1) is 0 Å². The van der Waals surface area contributed by atoms with Crippen molar-refractivity contribution in [3.05, 3.63) is 42.7 Å². The van der Waals surface area contributed by atoms with E-state index in [9.17, 15) is 9.18 Å². The van der Waals surface area contributed by atoms with Gasteiger partial charge in [0.2, 0.25) is 0 Å². The van der Waals surface area contributed by atoms with Gasteiger partial charge in [0, 0.05) is 0 Å². The zero-order valence-corrected chi connectivity index (χ0v) is 6.94. The predicted octanol–water partition coefficient (Wildman–Crippen LogP) is 2.47. The molecule has 1 rings (SSSR count).